The molecule has 30 heavy (non-hydrogen) atoms. The molecule has 0 saturated carbocycles. The molecule has 0 unspecified atom stereocenters. The Morgan fingerprint density at radius 1 is 1.10 bits per heavy atom. The van der Waals surface area contributed by atoms with Crippen molar-refractivity contribution in [1.29, 1.82) is 0 Å². The molecule has 0 aromatic heterocycles. The summed E-state index contributed by atoms with van der Waals surface area (Å²) in [6, 6.07) is 3.67. The maximum absolute atomic E-state index is 13.0. The average molecular weight is 420 g/mol. The summed E-state index contributed by atoms with van der Waals surface area (Å²) < 4.78 is 17.4. The summed E-state index contributed by atoms with van der Waals surface area (Å²) in [6.45, 7) is 14.0. The molecule has 0 bridgehead atoms. The van der Waals surface area contributed by atoms with E-state index in [9.17, 15) is 4.79 Å². The van der Waals surface area contributed by atoms with Gasteiger partial charge in [0.2, 0.25) is 5.91 Å². The number of anilines is 2. The van der Waals surface area contributed by atoms with Crippen LogP contribution in [0, 0.1) is 5.92 Å². The van der Waals surface area contributed by atoms with E-state index in [0.717, 1.165) is 61.9 Å². The number of carbonyl (C=O) groups is 1. The third-order valence-electron chi connectivity index (χ3n) is 5.85. The Morgan fingerprint density at radius 3 is 2.37 bits per heavy atom. The van der Waals surface area contributed by atoms with Gasteiger partial charge in [-0.05, 0) is 39.5 Å². The zero-order valence-corrected chi connectivity index (χ0v) is 18.9. The van der Waals surface area contributed by atoms with Gasteiger partial charge in [-0.3, -0.25) is 4.79 Å². The van der Waals surface area contributed by atoms with Gasteiger partial charge in [0.25, 0.3) is 0 Å². The van der Waals surface area contributed by atoms with Crippen LogP contribution in [0.5, 0.6) is 11.5 Å². The standard InChI is InChI=1S/C23H37N3O4/c1-5-29-21-16-20(25-11-13-28-14-12-25)22(30-6-2)15-19(21)24-18(4)23(27)26-9-7-17(3)8-10-26/h15-18,24H,5-14H2,1-4H3/t18-/m1/s1. The summed E-state index contributed by atoms with van der Waals surface area (Å²) in [4.78, 5) is 17.2. The number of carbonyl (C=O) groups excluding carboxylic acids is 1. The Hall–Kier alpha value is -2.15. The van der Waals surface area contributed by atoms with Crippen LogP contribution in [0.1, 0.15) is 40.5 Å². The van der Waals surface area contributed by atoms with E-state index in [-0.39, 0.29) is 11.9 Å². The van der Waals surface area contributed by atoms with E-state index in [4.69, 9.17) is 14.2 Å². The van der Waals surface area contributed by atoms with Crippen LogP contribution in [0.2, 0.25) is 0 Å². The van der Waals surface area contributed by atoms with Crippen LogP contribution < -0.4 is 19.7 Å². The minimum atomic E-state index is -0.332. The van der Waals surface area contributed by atoms with Gasteiger partial charge in [-0.15, -0.1) is 0 Å². The first-order valence-corrected chi connectivity index (χ1v) is 11.3. The number of piperidine rings is 1. The van der Waals surface area contributed by atoms with Crippen molar-refractivity contribution < 1.29 is 19.0 Å². The van der Waals surface area contributed by atoms with Gasteiger partial charge < -0.3 is 29.3 Å². The molecule has 0 aliphatic carbocycles. The molecule has 1 amide bonds. The maximum atomic E-state index is 13.0. The van der Waals surface area contributed by atoms with Gasteiger partial charge in [-0.1, -0.05) is 6.92 Å². The van der Waals surface area contributed by atoms with Crippen molar-refractivity contribution in [3.63, 3.8) is 0 Å². The molecule has 1 atom stereocenters. The molecule has 2 heterocycles. The Bertz CT molecular complexity index is 698. The Morgan fingerprint density at radius 2 is 1.73 bits per heavy atom. The van der Waals surface area contributed by atoms with E-state index < -0.39 is 0 Å². The number of morpholine rings is 1. The molecule has 1 aromatic rings. The molecule has 0 radical (unpaired) electrons. The second-order valence-corrected chi connectivity index (χ2v) is 8.16. The second kappa shape index (κ2) is 10.8. The Labute approximate surface area is 180 Å². The third kappa shape index (κ3) is 5.50. The van der Waals surface area contributed by atoms with Crippen molar-refractivity contribution in [1.82, 2.24) is 4.90 Å². The number of nitrogens with one attached hydrogen (secondary N) is 1. The first kappa shape index (κ1) is 22.5. The lowest BCUT2D eigenvalue weighted by atomic mass is 9.99. The first-order valence-electron chi connectivity index (χ1n) is 11.3. The first-order chi connectivity index (χ1) is 14.5. The summed E-state index contributed by atoms with van der Waals surface area (Å²) in [6.07, 6.45) is 2.15. The van der Waals surface area contributed by atoms with E-state index in [1.165, 1.54) is 0 Å². The lowest BCUT2D eigenvalue weighted by Gasteiger charge is -2.33. The lowest BCUT2D eigenvalue weighted by molar-refractivity contribution is -0.132. The van der Waals surface area contributed by atoms with Crippen molar-refractivity contribution in [2.75, 3.05) is 62.8 Å². The number of likely N-dealkylation sites (tertiary alicyclic amines) is 1. The minimum Gasteiger partial charge on any atom is -0.492 e. The van der Waals surface area contributed by atoms with Gasteiger partial charge >= 0.3 is 0 Å². The fourth-order valence-electron chi connectivity index (χ4n) is 4.06. The van der Waals surface area contributed by atoms with E-state index >= 15 is 0 Å². The Kier molecular flexibility index (Phi) is 8.08. The van der Waals surface area contributed by atoms with Crippen LogP contribution in [0.15, 0.2) is 12.1 Å². The third-order valence-corrected chi connectivity index (χ3v) is 5.85. The molecule has 2 aliphatic heterocycles. The van der Waals surface area contributed by atoms with Gasteiger partial charge in [-0.2, -0.15) is 0 Å². The van der Waals surface area contributed by atoms with E-state index in [1.54, 1.807) is 0 Å². The highest BCUT2D eigenvalue weighted by Gasteiger charge is 2.26. The van der Waals surface area contributed by atoms with Crippen molar-refractivity contribution in [2.45, 2.75) is 46.6 Å². The highest BCUT2D eigenvalue weighted by atomic mass is 16.5. The van der Waals surface area contributed by atoms with Gasteiger partial charge in [0.15, 0.2) is 0 Å². The second-order valence-electron chi connectivity index (χ2n) is 8.16. The molecule has 2 saturated heterocycles. The zero-order chi connectivity index (χ0) is 21.5. The number of nitrogens with zero attached hydrogens (tertiary/aromatic N) is 2. The van der Waals surface area contributed by atoms with Crippen molar-refractivity contribution in [3.8, 4) is 11.5 Å². The predicted octanol–water partition coefficient (Wildman–Crippen LogP) is 3.38. The predicted molar refractivity (Wildman–Crippen MR) is 120 cm³/mol. The number of ether oxygens (including phenoxy) is 3. The van der Waals surface area contributed by atoms with Crippen molar-refractivity contribution >= 4 is 17.3 Å². The van der Waals surface area contributed by atoms with Gasteiger partial charge in [0, 0.05) is 38.3 Å². The van der Waals surface area contributed by atoms with E-state index in [2.05, 4.69) is 17.1 Å². The van der Waals surface area contributed by atoms with Crippen LogP contribution in [-0.2, 0) is 9.53 Å². The summed E-state index contributed by atoms with van der Waals surface area (Å²) >= 11 is 0. The normalized spacial score (nSPS) is 18.8. The molecule has 2 fully saturated rings. The fourth-order valence-corrected chi connectivity index (χ4v) is 4.06. The summed E-state index contributed by atoms with van der Waals surface area (Å²) in [5.74, 6) is 2.38. The molecule has 168 valence electrons. The minimum absolute atomic E-state index is 0.138. The fraction of sp³-hybridized carbons (Fsp3) is 0.696. The van der Waals surface area contributed by atoms with Crippen LogP contribution in [0.3, 0.4) is 0 Å². The number of hydrogen-bond acceptors (Lipinski definition) is 6. The molecular formula is C23H37N3O4. The summed E-state index contributed by atoms with van der Waals surface area (Å²) in [5.41, 5.74) is 1.81. The van der Waals surface area contributed by atoms with Crippen LogP contribution in [0.4, 0.5) is 11.4 Å². The SMILES string of the molecule is CCOc1cc(N2CCOCC2)c(OCC)cc1N[C@H](C)C(=O)N1CCC(C)CC1. The average Bonchev–Trinajstić information content (AvgIpc) is 2.76. The highest BCUT2D eigenvalue weighted by molar-refractivity contribution is 5.85. The molecule has 0 spiro atoms. The number of benzene rings is 1. The molecule has 7 nitrogen and oxygen atoms in total. The Balaban J connectivity index is 1.81. The molecule has 1 N–H and O–H groups in total. The quantitative estimate of drug-likeness (QED) is 0.697. The molecule has 7 heteroatoms. The van der Waals surface area contributed by atoms with E-state index in [0.29, 0.717) is 32.3 Å². The van der Waals surface area contributed by atoms with Gasteiger partial charge in [0.1, 0.15) is 17.5 Å². The van der Waals surface area contributed by atoms with Gasteiger partial charge in [0.05, 0.1) is 37.8 Å². The lowest BCUT2D eigenvalue weighted by Crippen LogP contribution is -2.45. The topological polar surface area (TPSA) is 63.3 Å². The molecule has 2 aliphatic rings. The maximum Gasteiger partial charge on any atom is 0.244 e. The van der Waals surface area contributed by atoms with Crippen LogP contribution >= 0.6 is 0 Å². The highest BCUT2D eigenvalue weighted by Crippen LogP contribution is 2.39. The van der Waals surface area contributed by atoms with Crippen LogP contribution in [0.25, 0.3) is 0 Å². The van der Waals surface area contributed by atoms with E-state index in [1.807, 2.05) is 37.8 Å². The number of rotatable bonds is 8. The van der Waals surface area contributed by atoms with Crippen molar-refractivity contribution in [2.24, 2.45) is 5.92 Å². The smallest absolute Gasteiger partial charge is 0.244 e. The molecule has 3 rings (SSSR count). The van der Waals surface area contributed by atoms with Crippen molar-refractivity contribution in [3.05, 3.63) is 12.1 Å². The number of hydrogen-bond donors (Lipinski definition) is 1. The molecular weight excluding hydrogens is 382 g/mol. The molecule has 1 aromatic carbocycles. The zero-order valence-electron chi connectivity index (χ0n) is 18.9. The van der Waals surface area contributed by atoms with Gasteiger partial charge in [-0.25, -0.2) is 0 Å². The summed E-state index contributed by atoms with van der Waals surface area (Å²) in [5, 5.41) is 3.39. The monoisotopic (exact) mass is 419 g/mol. The summed E-state index contributed by atoms with van der Waals surface area (Å²) in [7, 11) is 0. The largest absolute Gasteiger partial charge is 0.492 e. The number of amides is 1. The van der Waals surface area contributed by atoms with Crippen LogP contribution in [-0.4, -0.2) is 69.5 Å².